The summed E-state index contributed by atoms with van der Waals surface area (Å²) >= 11 is 1.78. The lowest BCUT2D eigenvalue weighted by molar-refractivity contribution is -0.122. The zero-order chi connectivity index (χ0) is 20.2. The van der Waals surface area contributed by atoms with Crippen molar-refractivity contribution >= 4 is 39.6 Å². The van der Waals surface area contributed by atoms with Crippen LogP contribution in [-0.2, 0) is 18.4 Å². The maximum absolute atomic E-state index is 12.8. The molecule has 1 N–H and O–H groups in total. The number of fused-ring (bicyclic) bond motifs is 2. The fourth-order valence-electron chi connectivity index (χ4n) is 3.80. The van der Waals surface area contributed by atoms with Crippen molar-refractivity contribution in [2.75, 3.05) is 12.0 Å². The fraction of sp³-hybridized carbons (Fsp3) is 0.304. The van der Waals surface area contributed by atoms with E-state index in [1.165, 1.54) is 5.39 Å². The van der Waals surface area contributed by atoms with E-state index in [2.05, 4.69) is 51.2 Å². The number of imidazole rings is 1. The minimum absolute atomic E-state index is 0.0564. The standard InChI is InChI=1S/C23H26N4OS/c1-26-21-10-6-4-8-18(21)25-23(26)19(13-16-29-2)24-22(28)12-15-27-14-11-17-7-3-5-9-20(17)27/h3-11,14,19H,12-13,15-16H2,1-2H3,(H,24,28). The van der Waals surface area contributed by atoms with Gasteiger partial charge in [-0.1, -0.05) is 30.3 Å². The molecule has 0 fully saturated rings. The van der Waals surface area contributed by atoms with Gasteiger partial charge in [-0.05, 0) is 48.1 Å². The minimum atomic E-state index is -0.0891. The third-order valence-corrected chi connectivity index (χ3v) is 5.98. The number of para-hydroxylation sites is 3. The second-order valence-corrected chi connectivity index (χ2v) is 8.22. The third-order valence-electron chi connectivity index (χ3n) is 5.34. The maximum atomic E-state index is 12.8. The molecular formula is C23H26N4OS. The number of benzene rings is 2. The molecule has 150 valence electrons. The number of carbonyl (C=O) groups excluding carboxylic acids is 1. The van der Waals surface area contributed by atoms with E-state index in [9.17, 15) is 4.79 Å². The van der Waals surface area contributed by atoms with Crippen molar-refractivity contribution < 1.29 is 4.79 Å². The summed E-state index contributed by atoms with van der Waals surface area (Å²) in [6.07, 6.45) is 5.44. The summed E-state index contributed by atoms with van der Waals surface area (Å²) in [5.74, 6) is 1.94. The topological polar surface area (TPSA) is 51.9 Å². The van der Waals surface area contributed by atoms with Crippen LogP contribution in [-0.4, -0.2) is 32.0 Å². The van der Waals surface area contributed by atoms with Gasteiger partial charge in [-0.25, -0.2) is 4.98 Å². The summed E-state index contributed by atoms with van der Waals surface area (Å²) in [7, 11) is 2.02. The highest BCUT2D eigenvalue weighted by Gasteiger charge is 2.20. The Morgan fingerprint density at radius 2 is 1.86 bits per heavy atom. The molecule has 0 spiro atoms. The molecule has 1 atom stereocenters. The number of nitrogens with one attached hydrogen (secondary N) is 1. The lowest BCUT2D eigenvalue weighted by Gasteiger charge is -2.18. The first-order valence-electron chi connectivity index (χ1n) is 9.91. The van der Waals surface area contributed by atoms with Gasteiger partial charge < -0.3 is 14.5 Å². The Balaban J connectivity index is 1.48. The van der Waals surface area contributed by atoms with Crippen molar-refractivity contribution in [2.24, 2.45) is 7.05 Å². The van der Waals surface area contributed by atoms with Gasteiger partial charge in [0.05, 0.1) is 17.1 Å². The Morgan fingerprint density at radius 1 is 1.10 bits per heavy atom. The lowest BCUT2D eigenvalue weighted by atomic mass is 10.2. The SMILES string of the molecule is CSCCC(NC(=O)CCn1ccc2ccccc21)c1nc2ccccc2n1C. The Morgan fingerprint density at radius 3 is 2.66 bits per heavy atom. The second-order valence-electron chi connectivity index (χ2n) is 7.24. The number of aromatic nitrogens is 3. The molecule has 0 radical (unpaired) electrons. The summed E-state index contributed by atoms with van der Waals surface area (Å²) in [5.41, 5.74) is 3.21. The Kier molecular flexibility index (Phi) is 5.90. The van der Waals surface area contributed by atoms with E-state index in [-0.39, 0.29) is 11.9 Å². The first kappa shape index (κ1) is 19.6. The van der Waals surface area contributed by atoms with E-state index in [0.717, 1.165) is 34.5 Å². The van der Waals surface area contributed by atoms with Crippen LogP contribution in [0.15, 0.2) is 60.8 Å². The average molecular weight is 407 g/mol. The Hall–Kier alpha value is -2.73. The van der Waals surface area contributed by atoms with E-state index in [4.69, 9.17) is 4.98 Å². The zero-order valence-electron chi connectivity index (χ0n) is 16.8. The predicted octanol–water partition coefficient (Wildman–Crippen LogP) is 4.53. The van der Waals surface area contributed by atoms with Gasteiger partial charge in [0.2, 0.25) is 5.91 Å². The van der Waals surface area contributed by atoms with E-state index in [0.29, 0.717) is 13.0 Å². The molecule has 1 unspecified atom stereocenters. The van der Waals surface area contributed by atoms with Crippen LogP contribution in [0, 0.1) is 0 Å². The molecule has 0 saturated heterocycles. The molecular weight excluding hydrogens is 380 g/mol. The summed E-state index contributed by atoms with van der Waals surface area (Å²) in [6.45, 7) is 0.664. The van der Waals surface area contributed by atoms with Gasteiger partial charge in [-0.15, -0.1) is 0 Å². The Bertz CT molecular complexity index is 1130. The van der Waals surface area contributed by atoms with Crippen LogP contribution in [0.25, 0.3) is 21.9 Å². The van der Waals surface area contributed by atoms with Crippen LogP contribution >= 0.6 is 11.8 Å². The molecule has 1 amide bonds. The van der Waals surface area contributed by atoms with Crippen LogP contribution in [0.1, 0.15) is 24.7 Å². The minimum Gasteiger partial charge on any atom is -0.347 e. The van der Waals surface area contributed by atoms with Gasteiger partial charge >= 0.3 is 0 Å². The van der Waals surface area contributed by atoms with Gasteiger partial charge in [0.1, 0.15) is 5.82 Å². The van der Waals surface area contributed by atoms with Gasteiger partial charge in [0.25, 0.3) is 0 Å². The highest BCUT2D eigenvalue weighted by molar-refractivity contribution is 7.98. The number of aryl methyl sites for hydroxylation is 2. The maximum Gasteiger partial charge on any atom is 0.222 e. The van der Waals surface area contributed by atoms with Gasteiger partial charge in [0.15, 0.2) is 0 Å². The molecule has 0 aliphatic carbocycles. The van der Waals surface area contributed by atoms with Gasteiger partial charge in [0, 0.05) is 31.7 Å². The molecule has 5 nitrogen and oxygen atoms in total. The van der Waals surface area contributed by atoms with Crippen molar-refractivity contribution in [1.82, 2.24) is 19.4 Å². The number of nitrogens with zero attached hydrogens (tertiary/aromatic N) is 3. The zero-order valence-corrected chi connectivity index (χ0v) is 17.7. The molecule has 2 aromatic carbocycles. The lowest BCUT2D eigenvalue weighted by Crippen LogP contribution is -2.31. The predicted molar refractivity (Wildman–Crippen MR) is 121 cm³/mol. The van der Waals surface area contributed by atoms with Crippen LogP contribution in [0.4, 0.5) is 0 Å². The molecule has 2 aromatic heterocycles. The summed E-state index contributed by atoms with van der Waals surface area (Å²) in [6, 6.07) is 18.3. The van der Waals surface area contributed by atoms with Crippen molar-refractivity contribution in [3.63, 3.8) is 0 Å². The molecule has 0 saturated carbocycles. The van der Waals surface area contributed by atoms with Crippen molar-refractivity contribution in [3.8, 4) is 0 Å². The third kappa shape index (κ3) is 4.17. The highest BCUT2D eigenvalue weighted by Crippen LogP contribution is 2.23. The number of hydrogen-bond donors (Lipinski definition) is 1. The van der Waals surface area contributed by atoms with Crippen LogP contribution in [0.5, 0.6) is 0 Å². The summed E-state index contributed by atoms with van der Waals surface area (Å²) in [5, 5.41) is 4.43. The Labute approximate surface area is 175 Å². The molecule has 0 bridgehead atoms. The highest BCUT2D eigenvalue weighted by atomic mass is 32.2. The first-order chi connectivity index (χ1) is 14.2. The van der Waals surface area contributed by atoms with Gasteiger partial charge in [-0.3, -0.25) is 4.79 Å². The molecule has 0 aliphatic rings. The fourth-order valence-corrected chi connectivity index (χ4v) is 4.27. The smallest absolute Gasteiger partial charge is 0.222 e. The molecule has 6 heteroatoms. The van der Waals surface area contributed by atoms with Crippen molar-refractivity contribution in [3.05, 3.63) is 66.6 Å². The number of rotatable bonds is 8. The molecule has 2 heterocycles. The summed E-state index contributed by atoms with van der Waals surface area (Å²) in [4.78, 5) is 17.6. The number of hydrogen-bond acceptors (Lipinski definition) is 3. The molecule has 29 heavy (non-hydrogen) atoms. The second kappa shape index (κ2) is 8.74. The average Bonchev–Trinajstić information content (AvgIpc) is 3.31. The number of amides is 1. The van der Waals surface area contributed by atoms with Crippen molar-refractivity contribution in [2.45, 2.75) is 25.4 Å². The van der Waals surface area contributed by atoms with Crippen LogP contribution < -0.4 is 5.32 Å². The van der Waals surface area contributed by atoms with E-state index < -0.39 is 0 Å². The quantitative estimate of drug-likeness (QED) is 0.468. The summed E-state index contributed by atoms with van der Waals surface area (Å²) < 4.78 is 4.24. The van der Waals surface area contributed by atoms with Crippen LogP contribution in [0.2, 0.25) is 0 Å². The van der Waals surface area contributed by atoms with E-state index in [1.807, 2.05) is 37.4 Å². The number of carbonyl (C=O) groups is 1. The van der Waals surface area contributed by atoms with E-state index >= 15 is 0 Å². The number of thioether (sulfide) groups is 1. The monoisotopic (exact) mass is 406 g/mol. The van der Waals surface area contributed by atoms with Crippen LogP contribution in [0.3, 0.4) is 0 Å². The largest absolute Gasteiger partial charge is 0.347 e. The first-order valence-corrected chi connectivity index (χ1v) is 11.3. The molecule has 4 aromatic rings. The normalized spacial score (nSPS) is 12.5. The molecule has 4 rings (SSSR count). The van der Waals surface area contributed by atoms with E-state index in [1.54, 1.807) is 11.8 Å². The van der Waals surface area contributed by atoms with Crippen molar-refractivity contribution in [1.29, 1.82) is 0 Å². The van der Waals surface area contributed by atoms with Gasteiger partial charge in [-0.2, -0.15) is 11.8 Å². The molecule has 0 aliphatic heterocycles.